The van der Waals surface area contributed by atoms with Crippen LogP contribution in [0.25, 0.3) is 0 Å². The van der Waals surface area contributed by atoms with Gasteiger partial charge in [0.15, 0.2) is 10.8 Å². The molecule has 0 aliphatic carbocycles. The summed E-state index contributed by atoms with van der Waals surface area (Å²) in [7, 11) is 0. The molecule has 3 heterocycles. The summed E-state index contributed by atoms with van der Waals surface area (Å²) in [4.78, 5) is 7.46. The number of hydrogen-bond donors (Lipinski definition) is 3. The molecule has 0 amide bonds. The lowest BCUT2D eigenvalue weighted by atomic mass is 9.93. The smallest absolute Gasteiger partial charge is 0.389 e. The van der Waals surface area contributed by atoms with Crippen LogP contribution in [0.1, 0.15) is 19.0 Å². The number of hydrogen-bond acceptors (Lipinski definition) is 7. The van der Waals surface area contributed by atoms with Crippen molar-refractivity contribution in [2.45, 2.75) is 43.9 Å². The minimum atomic E-state index is -4.43. The first kappa shape index (κ1) is 18.8. The van der Waals surface area contributed by atoms with E-state index in [9.17, 15) is 28.5 Å². The third kappa shape index (κ3) is 3.92. The minimum absolute atomic E-state index is 0.204. The summed E-state index contributed by atoms with van der Waals surface area (Å²) in [5.74, 6) is 0.204. The molecule has 3 N–H and O–H groups in total. The van der Waals surface area contributed by atoms with Gasteiger partial charge in [-0.05, 0) is 19.3 Å². The molecule has 0 aromatic carbocycles. The molecule has 5 atom stereocenters. The Hall–Kier alpha value is -0.940. The van der Waals surface area contributed by atoms with Gasteiger partial charge in [0.2, 0.25) is 0 Å². The topological polar surface area (TPSA) is 80.1 Å². The number of likely N-dealkylation sites (tertiary alicyclic amines) is 1. The van der Waals surface area contributed by atoms with Crippen molar-refractivity contribution in [2.75, 3.05) is 31.1 Å². The number of aliphatic hydroxyl groups excluding tert-OH is 3. The first-order valence-electron chi connectivity index (χ1n) is 8.22. The molecule has 2 fully saturated rings. The molecule has 10 heteroatoms. The summed E-state index contributed by atoms with van der Waals surface area (Å²) in [6, 6.07) is -0.288. The maximum absolute atomic E-state index is 12.7. The summed E-state index contributed by atoms with van der Waals surface area (Å²) in [6.45, 7) is 3.89. The van der Waals surface area contributed by atoms with Crippen molar-refractivity contribution in [1.29, 1.82) is 0 Å². The van der Waals surface area contributed by atoms with Gasteiger partial charge in [-0.25, -0.2) is 4.98 Å². The molecule has 2 saturated heterocycles. The fourth-order valence-corrected chi connectivity index (χ4v) is 4.38. The zero-order chi connectivity index (χ0) is 18.4. The highest BCUT2D eigenvalue weighted by Gasteiger charge is 2.40. The Morgan fingerprint density at radius 3 is 2.60 bits per heavy atom. The van der Waals surface area contributed by atoms with Crippen molar-refractivity contribution in [3.05, 3.63) is 11.1 Å². The van der Waals surface area contributed by atoms with Crippen LogP contribution in [0.2, 0.25) is 0 Å². The standard InChI is InChI=1S/C15H22F3N3O3S/c1-8-12(23)13(24)10(22)6-21(8)5-9-2-3-20(4-9)14-19-11(7-25-14)15(16,17)18/h7-10,12-13,22-24H,2-6H2,1H3/t8-,9-,10+,12-,13-/m1/s1. The Kier molecular flexibility index (Phi) is 5.27. The number of aliphatic hydroxyl groups is 3. The van der Waals surface area contributed by atoms with Crippen LogP contribution in [0, 0.1) is 5.92 Å². The Morgan fingerprint density at radius 2 is 1.96 bits per heavy atom. The van der Waals surface area contributed by atoms with Crippen LogP contribution in [0.15, 0.2) is 5.38 Å². The van der Waals surface area contributed by atoms with Crippen molar-refractivity contribution in [1.82, 2.24) is 9.88 Å². The van der Waals surface area contributed by atoms with Gasteiger partial charge in [0.1, 0.15) is 6.10 Å². The van der Waals surface area contributed by atoms with Crippen LogP contribution < -0.4 is 4.90 Å². The van der Waals surface area contributed by atoms with Gasteiger partial charge in [0.25, 0.3) is 0 Å². The van der Waals surface area contributed by atoms with Gasteiger partial charge in [-0.3, -0.25) is 4.90 Å². The van der Waals surface area contributed by atoms with Crippen molar-refractivity contribution >= 4 is 16.5 Å². The Morgan fingerprint density at radius 1 is 1.24 bits per heavy atom. The van der Waals surface area contributed by atoms with E-state index < -0.39 is 30.2 Å². The van der Waals surface area contributed by atoms with E-state index in [2.05, 4.69) is 4.98 Å². The monoisotopic (exact) mass is 381 g/mol. The molecule has 142 valence electrons. The van der Waals surface area contributed by atoms with Crippen molar-refractivity contribution in [3.8, 4) is 0 Å². The molecule has 25 heavy (non-hydrogen) atoms. The quantitative estimate of drug-likeness (QED) is 0.718. The predicted molar refractivity (Wildman–Crippen MR) is 86.5 cm³/mol. The van der Waals surface area contributed by atoms with Gasteiger partial charge >= 0.3 is 6.18 Å². The first-order chi connectivity index (χ1) is 11.7. The molecular weight excluding hydrogens is 359 g/mol. The lowest BCUT2D eigenvalue weighted by Crippen LogP contribution is -2.60. The van der Waals surface area contributed by atoms with E-state index >= 15 is 0 Å². The predicted octanol–water partition coefficient (Wildman–Crippen LogP) is 0.775. The van der Waals surface area contributed by atoms with Crippen molar-refractivity contribution in [2.24, 2.45) is 5.92 Å². The van der Waals surface area contributed by atoms with E-state index in [-0.39, 0.29) is 18.5 Å². The molecule has 1 aromatic rings. The molecule has 2 aliphatic rings. The SMILES string of the molecule is C[C@@H]1[C@@H](O)[C@H](O)[C@@H](O)CN1C[C@@H]1CCN(c2nc(C(F)(F)F)cs2)C1. The van der Waals surface area contributed by atoms with E-state index in [0.717, 1.165) is 23.1 Å². The van der Waals surface area contributed by atoms with E-state index in [4.69, 9.17) is 0 Å². The van der Waals surface area contributed by atoms with E-state index in [1.165, 1.54) is 0 Å². The van der Waals surface area contributed by atoms with Gasteiger partial charge in [-0.1, -0.05) is 0 Å². The number of piperidine rings is 1. The fourth-order valence-electron chi connectivity index (χ4n) is 3.51. The summed E-state index contributed by atoms with van der Waals surface area (Å²) in [6.07, 6.45) is -6.79. The van der Waals surface area contributed by atoms with Gasteiger partial charge in [-0.2, -0.15) is 13.2 Å². The second kappa shape index (κ2) is 6.99. The third-order valence-electron chi connectivity index (χ3n) is 5.07. The highest BCUT2D eigenvalue weighted by Crippen LogP contribution is 2.35. The summed E-state index contributed by atoms with van der Waals surface area (Å²) >= 11 is 0.992. The number of β-amino-alcohol motifs (C(OH)–C–C–N with tert-alkyl or cyclic N) is 1. The van der Waals surface area contributed by atoms with Gasteiger partial charge in [0.05, 0.1) is 12.2 Å². The summed E-state index contributed by atoms with van der Waals surface area (Å²) in [5, 5.41) is 31.0. The number of anilines is 1. The maximum Gasteiger partial charge on any atom is 0.434 e. The molecule has 1 aromatic heterocycles. The number of alkyl halides is 3. The van der Waals surface area contributed by atoms with Gasteiger partial charge < -0.3 is 20.2 Å². The molecule has 6 nitrogen and oxygen atoms in total. The molecule has 0 radical (unpaired) electrons. The lowest BCUT2D eigenvalue weighted by Gasteiger charge is -2.43. The van der Waals surface area contributed by atoms with E-state index in [1.54, 1.807) is 6.92 Å². The van der Waals surface area contributed by atoms with Crippen LogP contribution in [-0.4, -0.2) is 75.7 Å². The Labute approximate surface area is 147 Å². The second-order valence-electron chi connectivity index (χ2n) is 6.86. The third-order valence-corrected chi connectivity index (χ3v) is 5.97. The summed E-state index contributed by atoms with van der Waals surface area (Å²) < 4.78 is 38.0. The van der Waals surface area contributed by atoms with Crippen LogP contribution in [0.3, 0.4) is 0 Å². The lowest BCUT2D eigenvalue weighted by molar-refractivity contribution is -0.140. The number of halogens is 3. The fraction of sp³-hybridized carbons (Fsp3) is 0.800. The van der Waals surface area contributed by atoms with Gasteiger partial charge in [0, 0.05) is 37.6 Å². The van der Waals surface area contributed by atoms with Crippen molar-refractivity contribution < 1.29 is 28.5 Å². The first-order valence-corrected chi connectivity index (χ1v) is 9.10. The number of thiazole rings is 1. The maximum atomic E-state index is 12.7. The molecule has 0 spiro atoms. The van der Waals surface area contributed by atoms with Crippen LogP contribution >= 0.6 is 11.3 Å². The van der Waals surface area contributed by atoms with E-state index in [0.29, 0.717) is 24.8 Å². The average Bonchev–Trinajstić information content (AvgIpc) is 3.18. The Balaban J connectivity index is 1.59. The molecular formula is C15H22F3N3O3S. The molecule has 0 unspecified atom stereocenters. The minimum Gasteiger partial charge on any atom is -0.389 e. The molecule has 2 aliphatic heterocycles. The Bertz CT molecular complexity index is 600. The summed E-state index contributed by atoms with van der Waals surface area (Å²) in [5.41, 5.74) is -0.860. The molecule has 3 rings (SSSR count). The molecule has 0 saturated carbocycles. The van der Waals surface area contributed by atoms with Crippen molar-refractivity contribution in [3.63, 3.8) is 0 Å². The van der Waals surface area contributed by atoms with E-state index in [1.807, 2.05) is 9.80 Å². The second-order valence-corrected chi connectivity index (χ2v) is 7.69. The van der Waals surface area contributed by atoms with Crippen LogP contribution in [0.5, 0.6) is 0 Å². The highest BCUT2D eigenvalue weighted by molar-refractivity contribution is 7.13. The molecule has 0 bridgehead atoms. The number of nitrogens with zero attached hydrogens (tertiary/aromatic N) is 3. The normalized spacial score (nSPS) is 34.7. The number of aromatic nitrogens is 1. The van der Waals surface area contributed by atoms with Crippen LogP contribution in [0.4, 0.5) is 18.3 Å². The zero-order valence-corrected chi connectivity index (χ0v) is 14.5. The number of rotatable bonds is 3. The highest BCUT2D eigenvalue weighted by atomic mass is 32.1. The largest absolute Gasteiger partial charge is 0.434 e. The zero-order valence-electron chi connectivity index (χ0n) is 13.7. The average molecular weight is 381 g/mol. The van der Waals surface area contributed by atoms with Gasteiger partial charge in [-0.15, -0.1) is 11.3 Å². The van der Waals surface area contributed by atoms with Crippen LogP contribution in [-0.2, 0) is 6.18 Å².